The van der Waals surface area contributed by atoms with E-state index in [1.807, 2.05) is 16.8 Å². The molecule has 96 valence electrons. The van der Waals surface area contributed by atoms with Crippen molar-refractivity contribution in [1.82, 2.24) is 0 Å². The van der Waals surface area contributed by atoms with E-state index in [4.69, 9.17) is 10.5 Å². The molecule has 1 unspecified atom stereocenters. The molecule has 0 radical (unpaired) electrons. The molecule has 2 N–H and O–H groups in total. The smallest absolute Gasteiger partial charge is 0.200 e. The van der Waals surface area contributed by atoms with E-state index < -0.39 is 17.7 Å². The van der Waals surface area contributed by atoms with Crippen molar-refractivity contribution in [3.63, 3.8) is 0 Å². The quantitative estimate of drug-likeness (QED) is 0.862. The number of hydrogen-bond acceptors (Lipinski definition) is 3. The number of rotatable bonds is 4. The number of thiophene rings is 1. The molecule has 0 fully saturated rings. The van der Waals surface area contributed by atoms with Gasteiger partial charge in [-0.3, -0.25) is 0 Å². The van der Waals surface area contributed by atoms with Gasteiger partial charge in [-0.2, -0.15) is 15.7 Å². The second-order valence-electron chi connectivity index (χ2n) is 3.60. The molecular formula is C12H10BrF2NOS. The Morgan fingerprint density at radius 1 is 1.39 bits per heavy atom. The molecule has 0 spiro atoms. The van der Waals surface area contributed by atoms with E-state index in [9.17, 15) is 8.78 Å². The molecule has 6 heteroatoms. The minimum Gasteiger partial charge on any atom is -0.481 e. The van der Waals surface area contributed by atoms with Crippen molar-refractivity contribution in [2.75, 3.05) is 6.54 Å². The summed E-state index contributed by atoms with van der Waals surface area (Å²) in [4.78, 5) is 0. The molecule has 0 saturated carbocycles. The van der Waals surface area contributed by atoms with Crippen LogP contribution in [0.2, 0.25) is 0 Å². The number of nitrogens with two attached hydrogens (primary N) is 1. The average Bonchev–Trinajstić information content (AvgIpc) is 2.85. The number of ether oxygens (including phenoxy) is 1. The van der Waals surface area contributed by atoms with Gasteiger partial charge in [0.15, 0.2) is 11.6 Å². The maximum Gasteiger partial charge on any atom is 0.200 e. The monoisotopic (exact) mass is 333 g/mol. The van der Waals surface area contributed by atoms with Crippen LogP contribution in [0.25, 0.3) is 0 Å². The van der Waals surface area contributed by atoms with Gasteiger partial charge in [-0.1, -0.05) is 15.9 Å². The van der Waals surface area contributed by atoms with Gasteiger partial charge in [0, 0.05) is 16.6 Å². The van der Waals surface area contributed by atoms with Crippen LogP contribution in [0.3, 0.4) is 0 Å². The molecule has 0 bridgehead atoms. The van der Waals surface area contributed by atoms with Crippen molar-refractivity contribution < 1.29 is 13.5 Å². The van der Waals surface area contributed by atoms with E-state index in [1.165, 1.54) is 17.4 Å². The molecule has 0 saturated heterocycles. The second-order valence-corrected chi connectivity index (χ2v) is 5.29. The molecule has 0 aliphatic carbocycles. The van der Waals surface area contributed by atoms with Crippen LogP contribution in [0.1, 0.15) is 11.7 Å². The first-order valence-corrected chi connectivity index (χ1v) is 6.88. The zero-order valence-corrected chi connectivity index (χ0v) is 11.6. The third kappa shape index (κ3) is 2.88. The summed E-state index contributed by atoms with van der Waals surface area (Å²) in [5.74, 6) is -2.11. The SMILES string of the molecule is NCC(Oc1cc(Br)cc(F)c1F)c1ccsc1. The Morgan fingerprint density at radius 3 is 2.78 bits per heavy atom. The average molecular weight is 334 g/mol. The molecule has 0 aliphatic heterocycles. The molecule has 18 heavy (non-hydrogen) atoms. The molecule has 0 amide bonds. The van der Waals surface area contributed by atoms with Crippen molar-refractivity contribution in [2.45, 2.75) is 6.10 Å². The Balaban J connectivity index is 2.28. The fraction of sp³-hybridized carbons (Fsp3) is 0.167. The highest BCUT2D eigenvalue weighted by atomic mass is 79.9. The molecule has 1 heterocycles. The Hall–Kier alpha value is -0.980. The van der Waals surface area contributed by atoms with Crippen LogP contribution in [0.5, 0.6) is 5.75 Å². The topological polar surface area (TPSA) is 35.2 Å². The van der Waals surface area contributed by atoms with Crippen LogP contribution in [-0.2, 0) is 0 Å². The van der Waals surface area contributed by atoms with Gasteiger partial charge in [0.05, 0.1) is 0 Å². The van der Waals surface area contributed by atoms with E-state index in [2.05, 4.69) is 15.9 Å². The number of benzene rings is 1. The van der Waals surface area contributed by atoms with Crippen molar-refractivity contribution in [3.8, 4) is 5.75 Å². The largest absolute Gasteiger partial charge is 0.481 e. The van der Waals surface area contributed by atoms with Crippen LogP contribution in [0.4, 0.5) is 8.78 Å². The summed E-state index contributed by atoms with van der Waals surface area (Å²) >= 11 is 4.58. The molecule has 1 aromatic carbocycles. The summed E-state index contributed by atoms with van der Waals surface area (Å²) in [6, 6.07) is 4.27. The van der Waals surface area contributed by atoms with Gasteiger partial charge in [0.1, 0.15) is 6.10 Å². The molecule has 2 rings (SSSR count). The standard InChI is InChI=1S/C12H10BrF2NOS/c13-8-3-9(14)12(15)10(4-8)17-11(5-16)7-1-2-18-6-7/h1-4,6,11H,5,16H2. The molecule has 1 aromatic heterocycles. The summed E-state index contributed by atoms with van der Waals surface area (Å²) in [5, 5.41) is 3.74. The minimum atomic E-state index is -1.01. The van der Waals surface area contributed by atoms with Gasteiger partial charge in [-0.25, -0.2) is 4.39 Å². The highest BCUT2D eigenvalue weighted by molar-refractivity contribution is 9.10. The lowest BCUT2D eigenvalue weighted by Crippen LogP contribution is -2.18. The van der Waals surface area contributed by atoms with Crippen LogP contribution < -0.4 is 10.5 Å². The van der Waals surface area contributed by atoms with E-state index >= 15 is 0 Å². The Kier molecular flexibility index (Phi) is 4.31. The lowest BCUT2D eigenvalue weighted by molar-refractivity contribution is 0.202. The molecular weight excluding hydrogens is 324 g/mol. The summed E-state index contributed by atoms with van der Waals surface area (Å²) < 4.78 is 32.6. The van der Waals surface area contributed by atoms with Gasteiger partial charge >= 0.3 is 0 Å². The molecule has 1 atom stereocenters. The molecule has 0 aliphatic rings. The van der Waals surface area contributed by atoms with Crippen LogP contribution >= 0.6 is 27.3 Å². The third-order valence-corrected chi connectivity index (χ3v) is 3.52. The van der Waals surface area contributed by atoms with Crippen molar-refractivity contribution in [2.24, 2.45) is 5.73 Å². The number of hydrogen-bond donors (Lipinski definition) is 1. The maximum absolute atomic E-state index is 13.6. The van der Waals surface area contributed by atoms with Crippen LogP contribution in [0.15, 0.2) is 33.4 Å². The van der Waals surface area contributed by atoms with Gasteiger partial charge in [-0.15, -0.1) is 0 Å². The Labute approximate surface area is 116 Å². The van der Waals surface area contributed by atoms with E-state index in [1.54, 1.807) is 0 Å². The van der Waals surface area contributed by atoms with E-state index in [0.29, 0.717) is 4.47 Å². The summed E-state index contributed by atoms with van der Waals surface area (Å²) in [6.07, 6.45) is -0.487. The third-order valence-electron chi connectivity index (χ3n) is 2.36. The van der Waals surface area contributed by atoms with Crippen molar-refractivity contribution in [1.29, 1.82) is 0 Å². The minimum absolute atomic E-state index is 0.150. The van der Waals surface area contributed by atoms with E-state index in [-0.39, 0.29) is 12.3 Å². The predicted molar refractivity (Wildman–Crippen MR) is 70.8 cm³/mol. The first-order valence-electron chi connectivity index (χ1n) is 5.15. The lowest BCUT2D eigenvalue weighted by atomic mass is 10.2. The van der Waals surface area contributed by atoms with Gasteiger partial charge in [0.25, 0.3) is 0 Å². The fourth-order valence-electron chi connectivity index (χ4n) is 1.48. The summed E-state index contributed by atoms with van der Waals surface area (Å²) in [5.41, 5.74) is 6.44. The Morgan fingerprint density at radius 2 is 2.17 bits per heavy atom. The summed E-state index contributed by atoms with van der Waals surface area (Å²) in [7, 11) is 0. The molecule has 2 nitrogen and oxygen atoms in total. The van der Waals surface area contributed by atoms with Gasteiger partial charge in [0.2, 0.25) is 5.82 Å². The van der Waals surface area contributed by atoms with Crippen molar-refractivity contribution in [3.05, 3.63) is 50.6 Å². The number of halogens is 3. The fourth-order valence-corrected chi connectivity index (χ4v) is 2.59. The van der Waals surface area contributed by atoms with Crippen molar-refractivity contribution >= 4 is 27.3 Å². The highest BCUT2D eigenvalue weighted by Crippen LogP contribution is 2.29. The normalized spacial score (nSPS) is 12.4. The summed E-state index contributed by atoms with van der Waals surface area (Å²) in [6.45, 7) is 0.185. The molecule has 2 aromatic rings. The zero-order chi connectivity index (χ0) is 13.1. The Bertz CT molecular complexity index is 533. The maximum atomic E-state index is 13.6. The predicted octanol–water partition coefficient (Wildman–Crippen LogP) is 3.87. The second kappa shape index (κ2) is 5.77. The first kappa shape index (κ1) is 13.5. The van der Waals surface area contributed by atoms with Crippen LogP contribution in [-0.4, -0.2) is 6.54 Å². The first-order chi connectivity index (χ1) is 8.61. The van der Waals surface area contributed by atoms with Crippen LogP contribution in [0, 0.1) is 11.6 Å². The van der Waals surface area contributed by atoms with E-state index in [0.717, 1.165) is 11.6 Å². The lowest BCUT2D eigenvalue weighted by Gasteiger charge is -2.17. The van der Waals surface area contributed by atoms with Gasteiger partial charge < -0.3 is 10.5 Å². The highest BCUT2D eigenvalue weighted by Gasteiger charge is 2.17. The van der Waals surface area contributed by atoms with Gasteiger partial charge in [-0.05, 0) is 29.0 Å². The zero-order valence-electron chi connectivity index (χ0n) is 9.20.